The Hall–Kier alpha value is -1.28. The lowest BCUT2D eigenvalue weighted by Crippen LogP contribution is -2.09. The van der Waals surface area contributed by atoms with Crippen LogP contribution in [0.1, 0.15) is 5.56 Å². The summed E-state index contributed by atoms with van der Waals surface area (Å²) in [7, 11) is 1.80. The summed E-state index contributed by atoms with van der Waals surface area (Å²) in [5.41, 5.74) is 1.02. The largest absolute Gasteiger partial charge is 0.511 e. The maximum atomic E-state index is 9.30. The lowest BCUT2D eigenvalue weighted by Gasteiger charge is -1.97. The van der Waals surface area contributed by atoms with Crippen LogP contribution in [0.2, 0.25) is 0 Å². The Labute approximate surface area is 72.5 Å². The number of aliphatic hydroxyl groups excluding tert-OH is 1. The van der Waals surface area contributed by atoms with Crippen molar-refractivity contribution >= 4 is 6.08 Å². The summed E-state index contributed by atoms with van der Waals surface area (Å²) in [6, 6.07) is 9.74. The number of nitrogens with one attached hydrogen (secondary N) is 1. The van der Waals surface area contributed by atoms with Crippen molar-refractivity contribution in [2.45, 2.75) is 0 Å². The van der Waals surface area contributed by atoms with Crippen LogP contribution < -0.4 is 5.32 Å². The van der Waals surface area contributed by atoms with Crippen molar-refractivity contribution in [1.82, 2.24) is 5.32 Å². The van der Waals surface area contributed by atoms with Gasteiger partial charge in [0.25, 0.3) is 0 Å². The molecule has 0 atom stereocenters. The number of hydrogen-bond donors (Lipinski definition) is 2. The average Bonchev–Trinajstić information content (AvgIpc) is 2.06. The molecule has 0 fully saturated rings. The molecule has 64 valence electrons. The Morgan fingerprint density at radius 3 is 2.67 bits per heavy atom. The maximum Gasteiger partial charge on any atom is 0.107 e. The molecule has 1 aromatic carbocycles. The number of hydrogen-bond acceptors (Lipinski definition) is 2. The van der Waals surface area contributed by atoms with Crippen molar-refractivity contribution in [3.8, 4) is 0 Å². The van der Waals surface area contributed by atoms with E-state index in [1.54, 1.807) is 13.1 Å². The summed E-state index contributed by atoms with van der Waals surface area (Å²) < 4.78 is 0. The van der Waals surface area contributed by atoms with Gasteiger partial charge in [-0.15, -0.1) is 0 Å². The van der Waals surface area contributed by atoms with Gasteiger partial charge in [-0.1, -0.05) is 30.3 Å². The molecule has 0 aliphatic carbocycles. The Morgan fingerprint density at radius 2 is 2.08 bits per heavy atom. The molecule has 1 aromatic rings. The van der Waals surface area contributed by atoms with E-state index in [2.05, 4.69) is 5.32 Å². The third-order valence-corrected chi connectivity index (χ3v) is 1.49. The lowest BCUT2D eigenvalue weighted by atomic mass is 10.2. The van der Waals surface area contributed by atoms with Crippen LogP contribution >= 0.6 is 0 Å². The van der Waals surface area contributed by atoms with Gasteiger partial charge in [0.15, 0.2) is 0 Å². The first kappa shape index (κ1) is 8.81. The number of aliphatic hydroxyl groups is 1. The van der Waals surface area contributed by atoms with Gasteiger partial charge in [-0.05, 0) is 18.7 Å². The number of likely N-dealkylation sites (N-methyl/N-ethyl adjacent to an activating group) is 1. The molecule has 12 heavy (non-hydrogen) atoms. The lowest BCUT2D eigenvalue weighted by molar-refractivity contribution is 0.399. The van der Waals surface area contributed by atoms with E-state index in [0.29, 0.717) is 12.3 Å². The van der Waals surface area contributed by atoms with Crippen LogP contribution in [0.25, 0.3) is 6.08 Å². The molecule has 2 N–H and O–H groups in total. The molecule has 0 radical (unpaired) electrons. The normalized spacial score (nSPS) is 11.6. The van der Waals surface area contributed by atoms with Crippen LogP contribution in [-0.2, 0) is 0 Å². The van der Waals surface area contributed by atoms with E-state index in [-0.39, 0.29) is 0 Å². The third-order valence-electron chi connectivity index (χ3n) is 1.49. The molecular weight excluding hydrogens is 150 g/mol. The molecule has 2 heteroatoms. The van der Waals surface area contributed by atoms with Gasteiger partial charge in [-0.25, -0.2) is 0 Å². The first-order valence-corrected chi connectivity index (χ1v) is 3.92. The standard InChI is InChI=1S/C10H13NO/c1-11-8-10(12)7-9-5-3-2-4-6-9/h2-7,11-12H,8H2,1H3/b10-7+. The Balaban J connectivity index is 2.67. The van der Waals surface area contributed by atoms with Crippen molar-refractivity contribution in [3.05, 3.63) is 41.7 Å². The van der Waals surface area contributed by atoms with Crippen LogP contribution in [0.3, 0.4) is 0 Å². The van der Waals surface area contributed by atoms with E-state index in [1.165, 1.54) is 0 Å². The minimum Gasteiger partial charge on any atom is -0.511 e. The predicted octanol–water partition coefficient (Wildman–Crippen LogP) is 1.80. The quantitative estimate of drug-likeness (QED) is 0.666. The highest BCUT2D eigenvalue weighted by molar-refractivity contribution is 5.50. The monoisotopic (exact) mass is 163 g/mol. The average molecular weight is 163 g/mol. The van der Waals surface area contributed by atoms with E-state index in [1.807, 2.05) is 30.3 Å². The summed E-state index contributed by atoms with van der Waals surface area (Å²) in [6.45, 7) is 0.509. The molecule has 0 aliphatic rings. The maximum absolute atomic E-state index is 9.30. The van der Waals surface area contributed by atoms with Crippen molar-refractivity contribution in [2.75, 3.05) is 13.6 Å². The van der Waals surface area contributed by atoms with E-state index in [0.717, 1.165) is 5.56 Å². The van der Waals surface area contributed by atoms with Crippen molar-refractivity contribution in [3.63, 3.8) is 0 Å². The van der Waals surface area contributed by atoms with Crippen molar-refractivity contribution in [2.24, 2.45) is 0 Å². The topological polar surface area (TPSA) is 32.3 Å². The predicted molar refractivity (Wildman–Crippen MR) is 51.0 cm³/mol. The van der Waals surface area contributed by atoms with Crippen LogP contribution in [0, 0.1) is 0 Å². The zero-order valence-electron chi connectivity index (χ0n) is 7.12. The summed E-state index contributed by atoms with van der Waals surface area (Å²) in [4.78, 5) is 0. The van der Waals surface area contributed by atoms with E-state index in [9.17, 15) is 5.11 Å². The first-order chi connectivity index (χ1) is 5.83. The molecule has 0 unspecified atom stereocenters. The van der Waals surface area contributed by atoms with E-state index >= 15 is 0 Å². The molecule has 0 aliphatic heterocycles. The summed E-state index contributed by atoms with van der Waals surface area (Å²) in [5, 5.41) is 12.2. The summed E-state index contributed by atoms with van der Waals surface area (Å²) in [6.07, 6.45) is 1.75. The highest BCUT2D eigenvalue weighted by Crippen LogP contribution is 2.03. The van der Waals surface area contributed by atoms with Crippen LogP contribution in [0.5, 0.6) is 0 Å². The van der Waals surface area contributed by atoms with Gasteiger partial charge < -0.3 is 10.4 Å². The van der Waals surface area contributed by atoms with Gasteiger partial charge in [-0.2, -0.15) is 0 Å². The number of benzene rings is 1. The third kappa shape index (κ3) is 2.76. The molecule has 0 saturated carbocycles. The zero-order valence-corrected chi connectivity index (χ0v) is 7.12. The van der Waals surface area contributed by atoms with Crippen LogP contribution in [-0.4, -0.2) is 18.7 Å². The SMILES string of the molecule is CNC/C(O)=C\c1ccccc1. The Morgan fingerprint density at radius 1 is 1.42 bits per heavy atom. The highest BCUT2D eigenvalue weighted by Gasteiger charge is 1.90. The minimum atomic E-state index is 0.351. The zero-order chi connectivity index (χ0) is 8.81. The van der Waals surface area contributed by atoms with Gasteiger partial charge in [-0.3, -0.25) is 0 Å². The van der Waals surface area contributed by atoms with Crippen LogP contribution in [0.15, 0.2) is 36.1 Å². The fraction of sp³-hybridized carbons (Fsp3) is 0.200. The molecule has 0 spiro atoms. The smallest absolute Gasteiger partial charge is 0.107 e. The molecule has 0 aromatic heterocycles. The van der Waals surface area contributed by atoms with E-state index in [4.69, 9.17) is 0 Å². The second-order valence-corrected chi connectivity index (χ2v) is 2.58. The molecule has 0 saturated heterocycles. The van der Waals surface area contributed by atoms with Gasteiger partial charge >= 0.3 is 0 Å². The Kier molecular flexibility index (Phi) is 3.35. The molecule has 0 heterocycles. The summed E-state index contributed by atoms with van der Waals surface area (Å²) in [5.74, 6) is 0.351. The van der Waals surface area contributed by atoms with Gasteiger partial charge in [0.1, 0.15) is 5.76 Å². The van der Waals surface area contributed by atoms with Gasteiger partial charge in [0.2, 0.25) is 0 Å². The van der Waals surface area contributed by atoms with E-state index < -0.39 is 0 Å². The second kappa shape index (κ2) is 4.57. The number of rotatable bonds is 3. The fourth-order valence-electron chi connectivity index (χ4n) is 0.974. The second-order valence-electron chi connectivity index (χ2n) is 2.58. The first-order valence-electron chi connectivity index (χ1n) is 3.92. The summed E-state index contributed by atoms with van der Waals surface area (Å²) >= 11 is 0. The van der Waals surface area contributed by atoms with Crippen molar-refractivity contribution < 1.29 is 5.11 Å². The minimum absolute atomic E-state index is 0.351. The van der Waals surface area contributed by atoms with Gasteiger partial charge in [0.05, 0.1) is 6.54 Å². The molecular formula is C10H13NO. The van der Waals surface area contributed by atoms with Crippen LogP contribution in [0.4, 0.5) is 0 Å². The molecule has 0 amide bonds. The van der Waals surface area contributed by atoms with Gasteiger partial charge in [0, 0.05) is 0 Å². The Bertz CT molecular complexity index is 254. The molecule has 1 rings (SSSR count). The molecule has 2 nitrogen and oxygen atoms in total. The molecule has 0 bridgehead atoms. The fourth-order valence-corrected chi connectivity index (χ4v) is 0.974. The van der Waals surface area contributed by atoms with Crippen molar-refractivity contribution in [1.29, 1.82) is 0 Å². The highest BCUT2D eigenvalue weighted by atomic mass is 16.3.